The van der Waals surface area contributed by atoms with Gasteiger partial charge in [-0.25, -0.2) is 0 Å². The molecule has 0 aliphatic carbocycles. The third-order valence-electron chi connectivity index (χ3n) is 2.88. The molecule has 1 atom stereocenters. The maximum Gasteiger partial charge on any atom is 0.0992 e. The number of halogens is 2. The SMILES string of the molecule is CCc1ccc(CC(NC)c2cc(Cl)sc2Cl)s1. The third kappa shape index (κ3) is 3.28. The summed E-state index contributed by atoms with van der Waals surface area (Å²) >= 11 is 15.5. The Morgan fingerprint density at radius 2 is 1.94 bits per heavy atom. The summed E-state index contributed by atoms with van der Waals surface area (Å²) in [5.74, 6) is 0. The Bertz CT molecular complexity index is 519. The maximum absolute atomic E-state index is 6.21. The molecule has 0 fully saturated rings. The van der Waals surface area contributed by atoms with E-state index >= 15 is 0 Å². The molecule has 2 rings (SSSR count). The molecule has 18 heavy (non-hydrogen) atoms. The van der Waals surface area contributed by atoms with E-state index in [4.69, 9.17) is 23.2 Å². The Morgan fingerprint density at radius 3 is 2.44 bits per heavy atom. The van der Waals surface area contributed by atoms with Crippen LogP contribution in [0.25, 0.3) is 0 Å². The molecule has 5 heteroatoms. The van der Waals surface area contributed by atoms with Gasteiger partial charge in [0.1, 0.15) is 0 Å². The van der Waals surface area contributed by atoms with Gasteiger partial charge in [-0.05, 0) is 31.7 Å². The molecule has 0 saturated carbocycles. The Morgan fingerprint density at radius 1 is 1.22 bits per heavy atom. The van der Waals surface area contributed by atoms with Crippen LogP contribution in [0, 0.1) is 0 Å². The zero-order valence-corrected chi connectivity index (χ0v) is 13.4. The van der Waals surface area contributed by atoms with E-state index in [1.54, 1.807) is 0 Å². The summed E-state index contributed by atoms with van der Waals surface area (Å²) in [6, 6.07) is 6.60. The van der Waals surface area contributed by atoms with Crippen molar-refractivity contribution in [2.75, 3.05) is 7.05 Å². The van der Waals surface area contributed by atoms with Gasteiger partial charge in [0.05, 0.1) is 8.67 Å². The molecule has 2 aromatic rings. The smallest absolute Gasteiger partial charge is 0.0992 e. The average molecular weight is 320 g/mol. The van der Waals surface area contributed by atoms with Crippen molar-refractivity contribution in [3.63, 3.8) is 0 Å². The first-order valence-electron chi connectivity index (χ1n) is 5.83. The van der Waals surface area contributed by atoms with Gasteiger partial charge < -0.3 is 5.32 Å². The fraction of sp³-hybridized carbons (Fsp3) is 0.385. The lowest BCUT2D eigenvalue weighted by Gasteiger charge is -2.14. The van der Waals surface area contributed by atoms with Crippen molar-refractivity contribution in [1.29, 1.82) is 0 Å². The molecule has 98 valence electrons. The zero-order valence-electron chi connectivity index (χ0n) is 10.3. The van der Waals surface area contributed by atoms with Crippen LogP contribution in [0.15, 0.2) is 18.2 Å². The Kier molecular flexibility index (Phi) is 5.10. The maximum atomic E-state index is 6.21. The van der Waals surface area contributed by atoms with Crippen LogP contribution in [0.3, 0.4) is 0 Å². The summed E-state index contributed by atoms with van der Waals surface area (Å²) in [6.07, 6.45) is 2.05. The first kappa shape index (κ1) is 14.4. The van der Waals surface area contributed by atoms with Crippen molar-refractivity contribution in [2.45, 2.75) is 25.8 Å². The lowest BCUT2D eigenvalue weighted by atomic mass is 10.1. The Labute approximate surface area is 126 Å². The third-order valence-corrected chi connectivity index (χ3v) is 5.65. The van der Waals surface area contributed by atoms with E-state index < -0.39 is 0 Å². The average Bonchev–Trinajstić information content (AvgIpc) is 2.92. The van der Waals surface area contributed by atoms with Gasteiger partial charge >= 0.3 is 0 Å². The predicted molar refractivity (Wildman–Crippen MR) is 83.5 cm³/mol. The first-order chi connectivity index (χ1) is 8.63. The molecular weight excluding hydrogens is 305 g/mol. The van der Waals surface area contributed by atoms with Crippen molar-refractivity contribution in [3.8, 4) is 0 Å². The van der Waals surface area contributed by atoms with Crippen molar-refractivity contribution in [2.24, 2.45) is 0 Å². The van der Waals surface area contributed by atoms with E-state index in [0.29, 0.717) is 0 Å². The molecule has 1 nitrogen and oxygen atoms in total. The molecule has 0 aliphatic heterocycles. The lowest BCUT2D eigenvalue weighted by Crippen LogP contribution is -2.18. The van der Waals surface area contributed by atoms with Crippen molar-refractivity contribution < 1.29 is 0 Å². The number of aryl methyl sites for hydroxylation is 1. The van der Waals surface area contributed by atoms with Gasteiger partial charge in [0.2, 0.25) is 0 Å². The van der Waals surface area contributed by atoms with Gasteiger partial charge in [0, 0.05) is 27.8 Å². The number of thiophene rings is 2. The fourth-order valence-corrected chi connectivity index (χ4v) is 4.46. The van der Waals surface area contributed by atoms with Crippen LogP contribution in [0.5, 0.6) is 0 Å². The second-order valence-electron chi connectivity index (χ2n) is 4.05. The number of likely N-dealkylation sites (N-methyl/N-ethyl adjacent to an activating group) is 1. The van der Waals surface area contributed by atoms with E-state index in [1.807, 2.05) is 24.5 Å². The second kappa shape index (κ2) is 6.40. The highest BCUT2D eigenvalue weighted by molar-refractivity contribution is 7.20. The van der Waals surface area contributed by atoms with E-state index in [9.17, 15) is 0 Å². The van der Waals surface area contributed by atoms with Gasteiger partial charge in [-0.15, -0.1) is 22.7 Å². The van der Waals surface area contributed by atoms with E-state index in [0.717, 1.165) is 27.1 Å². The van der Waals surface area contributed by atoms with Gasteiger partial charge in [-0.3, -0.25) is 0 Å². The molecule has 2 aromatic heterocycles. The highest BCUT2D eigenvalue weighted by Crippen LogP contribution is 2.36. The van der Waals surface area contributed by atoms with Gasteiger partial charge in [0.15, 0.2) is 0 Å². The molecule has 0 aliphatic rings. The quantitative estimate of drug-likeness (QED) is 0.800. The highest BCUT2D eigenvalue weighted by atomic mass is 35.5. The molecule has 0 saturated heterocycles. The molecular formula is C13H15Cl2NS2. The molecule has 1 unspecified atom stereocenters. The van der Waals surface area contributed by atoms with Crippen LogP contribution < -0.4 is 5.32 Å². The number of hydrogen-bond donors (Lipinski definition) is 1. The normalized spacial score (nSPS) is 12.9. The molecule has 0 amide bonds. The minimum Gasteiger partial charge on any atom is -0.313 e. The van der Waals surface area contributed by atoms with Crippen molar-refractivity contribution >= 4 is 45.9 Å². The molecule has 0 bridgehead atoms. The molecule has 2 heterocycles. The van der Waals surface area contributed by atoms with Crippen molar-refractivity contribution in [1.82, 2.24) is 5.32 Å². The minimum absolute atomic E-state index is 0.226. The van der Waals surface area contributed by atoms with Crippen LogP contribution in [0.4, 0.5) is 0 Å². The standard InChI is InChI=1S/C13H15Cl2NS2/c1-3-8-4-5-9(17-8)6-11(16-2)10-7-12(14)18-13(10)15/h4-5,7,11,16H,3,6H2,1-2H3. The van der Waals surface area contributed by atoms with E-state index in [1.165, 1.54) is 21.1 Å². The predicted octanol–water partition coefficient (Wildman–Crippen LogP) is 5.18. The van der Waals surface area contributed by atoms with E-state index in [-0.39, 0.29) is 6.04 Å². The second-order valence-corrected chi connectivity index (χ2v) is 7.58. The highest BCUT2D eigenvalue weighted by Gasteiger charge is 2.17. The van der Waals surface area contributed by atoms with Gasteiger partial charge in [-0.2, -0.15) is 0 Å². The first-order valence-corrected chi connectivity index (χ1v) is 8.22. The fourth-order valence-electron chi connectivity index (χ4n) is 1.88. The summed E-state index contributed by atoms with van der Waals surface area (Å²) in [7, 11) is 1.96. The number of rotatable bonds is 5. The summed E-state index contributed by atoms with van der Waals surface area (Å²) in [6.45, 7) is 2.18. The monoisotopic (exact) mass is 319 g/mol. The van der Waals surface area contributed by atoms with Crippen LogP contribution in [0.2, 0.25) is 8.67 Å². The van der Waals surface area contributed by atoms with Crippen LogP contribution in [-0.2, 0) is 12.8 Å². The van der Waals surface area contributed by atoms with Crippen molar-refractivity contribution in [3.05, 3.63) is 42.2 Å². The summed E-state index contributed by atoms with van der Waals surface area (Å²) in [4.78, 5) is 2.80. The van der Waals surface area contributed by atoms with E-state index in [2.05, 4.69) is 24.4 Å². The molecule has 0 spiro atoms. The number of nitrogens with one attached hydrogen (secondary N) is 1. The topological polar surface area (TPSA) is 12.0 Å². The van der Waals surface area contributed by atoms with Gasteiger partial charge in [0.25, 0.3) is 0 Å². The molecule has 0 aromatic carbocycles. The minimum atomic E-state index is 0.226. The lowest BCUT2D eigenvalue weighted by molar-refractivity contribution is 0.599. The van der Waals surface area contributed by atoms with Crippen LogP contribution >= 0.6 is 45.9 Å². The Balaban J connectivity index is 2.16. The number of hydrogen-bond acceptors (Lipinski definition) is 3. The van der Waals surface area contributed by atoms with Crippen LogP contribution in [0.1, 0.15) is 28.3 Å². The summed E-state index contributed by atoms with van der Waals surface area (Å²) < 4.78 is 1.53. The van der Waals surface area contributed by atoms with Gasteiger partial charge in [-0.1, -0.05) is 30.1 Å². The molecule has 1 N–H and O–H groups in total. The van der Waals surface area contributed by atoms with Crippen LogP contribution in [-0.4, -0.2) is 7.05 Å². The zero-order chi connectivity index (χ0) is 13.1. The largest absolute Gasteiger partial charge is 0.313 e. The summed E-state index contributed by atoms with van der Waals surface area (Å²) in [5.41, 5.74) is 1.10. The Hall–Kier alpha value is -0.0600. The molecule has 0 radical (unpaired) electrons. The summed E-state index contributed by atoms with van der Waals surface area (Å²) in [5, 5.41) is 3.32.